The van der Waals surface area contributed by atoms with Gasteiger partial charge in [-0.15, -0.1) is 11.8 Å². The minimum Gasteiger partial charge on any atom is -0.478 e. The largest absolute Gasteiger partial charge is 0.478 e. The van der Waals surface area contributed by atoms with Crippen molar-refractivity contribution in [1.82, 2.24) is 0 Å². The maximum Gasteiger partial charge on any atom is 0.335 e. The lowest BCUT2D eigenvalue weighted by molar-refractivity contribution is 0.0696. The molecule has 0 spiro atoms. The molecule has 5 nitrogen and oxygen atoms in total. The molecule has 2 N–H and O–H groups in total. The van der Waals surface area contributed by atoms with Gasteiger partial charge in [0.25, 0.3) is 10.0 Å². The number of thioether (sulfide) groups is 1. The van der Waals surface area contributed by atoms with Crippen LogP contribution in [0.2, 0.25) is 5.02 Å². The fraction of sp³-hybridized carbons (Fsp3) is 0.133. The molecule has 0 aliphatic carbocycles. The smallest absolute Gasteiger partial charge is 0.335 e. The minimum absolute atomic E-state index is 0.0972. The van der Waals surface area contributed by atoms with Crippen molar-refractivity contribution < 1.29 is 18.3 Å². The predicted molar refractivity (Wildman–Crippen MR) is 92.2 cm³/mol. The highest BCUT2D eigenvalue weighted by molar-refractivity contribution is 7.99. The molecule has 0 radical (unpaired) electrons. The molecule has 0 aliphatic heterocycles. The number of hydrogen-bond acceptors (Lipinski definition) is 4. The van der Waals surface area contributed by atoms with Crippen LogP contribution in [0.4, 0.5) is 5.69 Å². The Hall–Kier alpha value is -1.70. The molecule has 8 heteroatoms. The Bertz CT molecular complexity index is 866. The maximum absolute atomic E-state index is 12.5. The van der Waals surface area contributed by atoms with Crippen molar-refractivity contribution in [2.45, 2.75) is 16.7 Å². The Kier molecular flexibility index (Phi) is 5.23. The zero-order chi connectivity index (χ0) is 17.2. The van der Waals surface area contributed by atoms with E-state index < -0.39 is 16.0 Å². The van der Waals surface area contributed by atoms with E-state index in [1.54, 1.807) is 19.2 Å². The topological polar surface area (TPSA) is 83.5 Å². The molecular formula is C15H14ClNO4S2. The van der Waals surface area contributed by atoms with E-state index in [4.69, 9.17) is 16.7 Å². The van der Waals surface area contributed by atoms with E-state index >= 15 is 0 Å². The van der Waals surface area contributed by atoms with Gasteiger partial charge in [-0.2, -0.15) is 0 Å². The summed E-state index contributed by atoms with van der Waals surface area (Å²) in [5.41, 5.74) is 0.953. The molecule has 0 aliphatic rings. The van der Waals surface area contributed by atoms with Crippen molar-refractivity contribution in [3.8, 4) is 0 Å². The number of hydrogen-bond donors (Lipinski definition) is 2. The van der Waals surface area contributed by atoms with Gasteiger partial charge in [-0.3, -0.25) is 4.72 Å². The molecule has 2 aromatic carbocycles. The molecule has 23 heavy (non-hydrogen) atoms. The summed E-state index contributed by atoms with van der Waals surface area (Å²) in [7, 11) is -3.80. The molecule has 0 bridgehead atoms. The molecular weight excluding hydrogens is 358 g/mol. The maximum atomic E-state index is 12.5. The second-order valence-electron chi connectivity index (χ2n) is 4.74. The lowest BCUT2D eigenvalue weighted by Gasteiger charge is -2.13. The number of nitrogens with one attached hydrogen (secondary N) is 1. The number of sulfonamides is 1. The lowest BCUT2D eigenvalue weighted by atomic mass is 10.2. The van der Waals surface area contributed by atoms with Crippen LogP contribution in [0.25, 0.3) is 0 Å². The average molecular weight is 372 g/mol. The summed E-state index contributed by atoms with van der Waals surface area (Å²) >= 11 is 7.11. The minimum atomic E-state index is -3.80. The van der Waals surface area contributed by atoms with Crippen LogP contribution in [0.5, 0.6) is 0 Å². The normalized spacial score (nSPS) is 11.3. The quantitative estimate of drug-likeness (QED) is 0.779. The third kappa shape index (κ3) is 3.99. The van der Waals surface area contributed by atoms with Crippen molar-refractivity contribution in [2.75, 3.05) is 11.0 Å². The Morgan fingerprint density at radius 1 is 1.22 bits per heavy atom. The first-order valence-corrected chi connectivity index (χ1v) is 9.53. The molecule has 0 unspecified atom stereocenters. The predicted octanol–water partition coefficient (Wildman–Crippen LogP) is 3.87. The Morgan fingerprint density at radius 3 is 2.48 bits per heavy atom. The summed E-state index contributed by atoms with van der Waals surface area (Å²) < 4.78 is 27.6. The highest BCUT2D eigenvalue weighted by Crippen LogP contribution is 2.29. The number of aryl methyl sites for hydroxylation is 1. The molecule has 0 fully saturated rings. The van der Waals surface area contributed by atoms with E-state index in [0.29, 0.717) is 21.2 Å². The SMILES string of the molecule is CSc1cc(C(=O)O)ccc1NS(=O)(=O)c1ccc(Cl)cc1C. The van der Waals surface area contributed by atoms with E-state index in [1.165, 1.54) is 42.1 Å². The van der Waals surface area contributed by atoms with Crippen LogP contribution >= 0.6 is 23.4 Å². The van der Waals surface area contributed by atoms with Crippen LogP contribution in [0.1, 0.15) is 15.9 Å². The van der Waals surface area contributed by atoms with E-state index in [2.05, 4.69) is 4.72 Å². The molecule has 0 saturated carbocycles. The number of aromatic carboxylic acids is 1. The van der Waals surface area contributed by atoms with Gasteiger partial charge in [0, 0.05) is 9.92 Å². The average Bonchev–Trinajstić information content (AvgIpc) is 2.46. The molecule has 0 saturated heterocycles. The fourth-order valence-electron chi connectivity index (χ4n) is 2.02. The van der Waals surface area contributed by atoms with Gasteiger partial charge in [0.2, 0.25) is 0 Å². The third-order valence-corrected chi connectivity index (χ3v) is 5.66. The second kappa shape index (κ2) is 6.82. The number of halogens is 1. The van der Waals surface area contributed by atoms with Crippen molar-refractivity contribution in [3.05, 3.63) is 52.5 Å². The number of carboxylic acids is 1. The fourth-order valence-corrected chi connectivity index (χ4v) is 4.21. The van der Waals surface area contributed by atoms with Crippen molar-refractivity contribution in [2.24, 2.45) is 0 Å². The third-order valence-electron chi connectivity index (χ3n) is 3.12. The van der Waals surface area contributed by atoms with Crippen molar-refractivity contribution >= 4 is 45.0 Å². The van der Waals surface area contributed by atoms with Gasteiger partial charge in [0.05, 0.1) is 16.1 Å². The van der Waals surface area contributed by atoms with Gasteiger partial charge >= 0.3 is 5.97 Å². The van der Waals surface area contributed by atoms with Gasteiger partial charge in [0.15, 0.2) is 0 Å². The molecule has 122 valence electrons. The van der Waals surface area contributed by atoms with Crippen molar-refractivity contribution in [3.63, 3.8) is 0 Å². The number of carboxylic acid groups (broad SMARTS) is 1. The Labute approximate surface area is 143 Å². The Morgan fingerprint density at radius 2 is 1.91 bits per heavy atom. The molecule has 0 heterocycles. The van der Waals surface area contributed by atoms with E-state index in [-0.39, 0.29) is 10.5 Å². The van der Waals surface area contributed by atoms with E-state index in [9.17, 15) is 13.2 Å². The summed E-state index contributed by atoms with van der Waals surface area (Å²) in [6, 6.07) is 8.74. The first-order valence-electron chi connectivity index (χ1n) is 6.45. The van der Waals surface area contributed by atoms with Crippen LogP contribution in [-0.2, 0) is 10.0 Å². The zero-order valence-corrected chi connectivity index (χ0v) is 14.7. The molecule has 2 rings (SSSR count). The van der Waals surface area contributed by atoms with Gasteiger partial charge in [-0.25, -0.2) is 13.2 Å². The number of anilines is 1. The number of rotatable bonds is 5. The molecule has 0 atom stereocenters. The van der Waals surface area contributed by atoms with E-state index in [1.807, 2.05) is 0 Å². The van der Waals surface area contributed by atoms with Gasteiger partial charge in [0.1, 0.15) is 0 Å². The molecule has 0 aromatic heterocycles. The van der Waals surface area contributed by atoms with Crippen LogP contribution in [0.15, 0.2) is 46.2 Å². The van der Waals surface area contributed by atoms with Gasteiger partial charge in [-0.1, -0.05) is 11.6 Å². The Balaban J connectivity index is 2.43. The first kappa shape index (κ1) is 17.7. The highest BCUT2D eigenvalue weighted by atomic mass is 35.5. The summed E-state index contributed by atoms with van der Waals surface area (Å²) in [4.78, 5) is 11.7. The summed E-state index contributed by atoms with van der Waals surface area (Å²) in [5.74, 6) is -1.07. The standard InChI is InChI=1S/C15H14ClNO4S2/c1-9-7-11(16)4-6-14(9)23(20,21)17-12-5-3-10(15(18)19)8-13(12)22-2/h3-8,17H,1-2H3,(H,18,19). The van der Waals surface area contributed by atoms with Crippen LogP contribution < -0.4 is 4.72 Å². The molecule has 2 aromatic rings. The van der Waals surface area contributed by atoms with Gasteiger partial charge < -0.3 is 5.11 Å². The van der Waals surface area contributed by atoms with Crippen molar-refractivity contribution in [1.29, 1.82) is 0 Å². The monoisotopic (exact) mass is 371 g/mol. The number of benzene rings is 2. The van der Waals surface area contributed by atoms with E-state index in [0.717, 1.165) is 0 Å². The summed E-state index contributed by atoms with van der Waals surface area (Å²) in [5, 5.41) is 9.46. The van der Waals surface area contributed by atoms with Gasteiger partial charge in [-0.05, 0) is 55.1 Å². The highest BCUT2D eigenvalue weighted by Gasteiger charge is 2.19. The summed E-state index contributed by atoms with van der Waals surface area (Å²) in [6.07, 6.45) is 1.74. The molecule has 0 amide bonds. The lowest BCUT2D eigenvalue weighted by Crippen LogP contribution is -2.15. The van der Waals surface area contributed by atoms with Crippen LogP contribution in [-0.4, -0.2) is 25.7 Å². The number of carbonyl (C=O) groups is 1. The van der Waals surface area contributed by atoms with Crippen LogP contribution in [0, 0.1) is 6.92 Å². The van der Waals surface area contributed by atoms with Crippen LogP contribution in [0.3, 0.4) is 0 Å². The zero-order valence-electron chi connectivity index (χ0n) is 12.3. The second-order valence-corrected chi connectivity index (χ2v) is 7.67. The first-order chi connectivity index (χ1) is 10.7. The summed E-state index contributed by atoms with van der Waals surface area (Å²) in [6.45, 7) is 1.66.